The van der Waals surface area contributed by atoms with Gasteiger partial charge in [-0.2, -0.15) is 0 Å². The lowest BCUT2D eigenvalue weighted by Crippen LogP contribution is -1.98. The fourth-order valence-corrected chi connectivity index (χ4v) is 1.25. The van der Waals surface area contributed by atoms with Gasteiger partial charge in [0.25, 0.3) is 0 Å². The van der Waals surface area contributed by atoms with Crippen LogP contribution in [0.25, 0.3) is 0 Å². The highest BCUT2D eigenvalue weighted by Gasteiger charge is 2.04. The molecule has 0 atom stereocenters. The summed E-state index contributed by atoms with van der Waals surface area (Å²) >= 11 is 4.25. The van der Waals surface area contributed by atoms with Crippen LogP contribution in [0.4, 0.5) is 11.4 Å². The van der Waals surface area contributed by atoms with Gasteiger partial charge in [0.05, 0.1) is 0 Å². The van der Waals surface area contributed by atoms with Gasteiger partial charge < -0.3 is 11.5 Å². The van der Waals surface area contributed by atoms with Crippen molar-refractivity contribution in [1.82, 2.24) is 0 Å². The van der Waals surface area contributed by atoms with Gasteiger partial charge in [0.2, 0.25) is 0 Å². The molecule has 0 aliphatic carbocycles. The molecule has 3 heteroatoms. The molecular weight excluding hydrogens is 156 g/mol. The molecule has 0 unspecified atom stereocenters. The van der Waals surface area contributed by atoms with E-state index in [0.717, 1.165) is 27.4 Å². The second kappa shape index (κ2) is 2.66. The van der Waals surface area contributed by atoms with Crippen LogP contribution < -0.4 is 11.5 Å². The standard InChI is InChI=1S/C8H12N2S/c1-4-3-6(9)5(2)8(11)7(4)10/h3,11H,9-10H2,1-2H3. The molecule has 11 heavy (non-hydrogen) atoms. The normalized spacial score (nSPS) is 10.1. The molecule has 4 N–H and O–H groups in total. The minimum atomic E-state index is 0.722. The van der Waals surface area contributed by atoms with E-state index >= 15 is 0 Å². The SMILES string of the molecule is Cc1cc(N)c(C)c(S)c1N. The fraction of sp³-hybridized carbons (Fsp3) is 0.250. The van der Waals surface area contributed by atoms with E-state index in [2.05, 4.69) is 12.6 Å². The Kier molecular flexibility index (Phi) is 2.00. The van der Waals surface area contributed by atoms with Gasteiger partial charge in [0.1, 0.15) is 0 Å². The maximum absolute atomic E-state index is 5.72. The Morgan fingerprint density at radius 1 is 1.27 bits per heavy atom. The molecule has 0 bridgehead atoms. The maximum Gasteiger partial charge on any atom is 0.0483 e. The molecule has 60 valence electrons. The number of benzene rings is 1. The largest absolute Gasteiger partial charge is 0.398 e. The highest BCUT2D eigenvalue weighted by Crippen LogP contribution is 2.28. The molecule has 0 spiro atoms. The summed E-state index contributed by atoms with van der Waals surface area (Å²) in [7, 11) is 0. The highest BCUT2D eigenvalue weighted by molar-refractivity contribution is 7.80. The Balaban J connectivity index is 3.46. The van der Waals surface area contributed by atoms with E-state index in [0.29, 0.717) is 0 Å². The second-order valence-electron chi connectivity index (χ2n) is 2.67. The first kappa shape index (κ1) is 8.27. The summed E-state index contributed by atoms with van der Waals surface area (Å²) in [5.74, 6) is 0. The van der Waals surface area contributed by atoms with E-state index in [-0.39, 0.29) is 0 Å². The van der Waals surface area contributed by atoms with Crippen molar-refractivity contribution < 1.29 is 0 Å². The first-order valence-electron chi connectivity index (χ1n) is 3.38. The third-order valence-electron chi connectivity index (χ3n) is 1.84. The van der Waals surface area contributed by atoms with Gasteiger partial charge in [0.15, 0.2) is 0 Å². The summed E-state index contributed by atoms with van der Waals surface area (Å²) in [4.78, 5) is 0.794. The van der Waals surface area contributed by atoms with Gasteiger partial charge in [0, 0.05) is 16.3 Å². The third kappa shape index (κ3) is 1.28. The van der Waals surface area contributed by atoms with Crippen molar-refractivity contribution in [3.05, 3.63) is 17.2 Å². The lowest BCUT2D eigenvalue weighted by atomic mass is 10.1. The van der Waals surface area contributed by atoms with E-state index in [1.165, 1.54) is 0 Å². The molecule has 0 saturated carbocycles. The Morgan fingerprint density at radius 3 is 2.36 bits per heavy atom. The number of aryl methyl sites for hydroxylation is 1. The molecule has 2 nitrogen and oxygen atoms in total. The van der Waals surface area contributed by atoms with Gasteiger partial charge in [-0.15, -0.1) is 12.6 Å². The number of anilines is 2. The number of nitrogen functional groups attached to an aromatic ring is 2. The van der Waals surface area contributed by atoms with Gasteiger partial charge in [-0.25, -0.2) is 0 Å². The van der Waals surface area contributed by atoms with Crippen LogP contribution >= 0.6 is 12.6 Å². The van der Waals surface area contributed by atoms with Crippen LogP contribution in [-0.4, -0.2) is 0 Å². The molecule has 1 rings (SSSR count). The molecule has 1 aromatic carbocycles. The smallest absolute Gasteiger partial charge is 0.0483 e. The minimum absolute atomic E-state index is 0.722. The van der Waals surface area contributed by atoms with Crippen molar-refractivity contribution in [3.8, 4) is 0 Å². The highest BCUT2D eigenvalue weighted by atomic mass is 32.1. The fourth-order valence-electron chi connectivity index (χ4n) is 0.945. The van der Waals surface area contributed by atoms with Crippen molar-refractivity contribution in [1.29, 1.82) is 0 Å². The zero-order valence-corrected chi connectivity index (χ0v) is 7.57. The van der Waals surface area contributed by atoms with E-state index < -0.39 is 0 Å². The molecule has 0 fully saturated rings. The summed E-state index contributed by atoms with van der Waals surface area (Å²) in [6.45, 7) is 3.83. The van der Waals surface area contributed by atoms with Crippen molar-refractivity contribution >= 4 is 24.0 Å². The molecule has 0 heterocycles. The van der Waals surface area contributed by atoms with Crippen molar-refractivity contribution in [2.75, 3.05) is 11.5 Å². The Labute approximate surface area is 72.0 Å². The minimum Gasteiger partial charge on any atom is -0.398 e. The maximum atomic E-state index is 5.72. The predicted octanol–water partition coefficient (Wildman–Crippen LogP) is 1.76. The molecule has 0 amide bonds. The topological polar surface area (TPSA) is 52.0 Å². The van der Waals surface area contributed by atoms with Crippen LogP contribution in [0.15, 0.2) is 11.0 Å². The zero-order valence-electron chi connectivity index (χ0n) is 6.68. The van der Waals surface area contributed by atoms with Gasteiger partial charge in [-0.1, -0.05) is 0 Å². The molecule has 0 saturated heterocycles. The molecule has 0 radical (unpaired) electrons. The number of hydrogen-bond acceptors (Lipinski definition) is 3. The summed E-state index contributed by atoms with van der Waals surface area (Å²) in [5.41, 5.74) is 14.8. The summed E-state index contributed by atoms with van der Waals surface area (Å²) in [6, 6.07) is 1.87. The predicted molar refractivity (Wildman–Crippen MR) is 52.0 cm³/mol. The monoisotopic (exact) mass is 168 g/mol. The van der Waals surface area contributed by atoms with Gasteiger partial charge >= 0.3 is 0 Å². The van der Waals surface area contributed by atoms with Crippen molar-refractivity contribution in [2.24, 2.45) is 0 Å². The van der Waals surface area contributed by atoms with Crippen LogP contribution in [0.5, 0.6) is 0 Å². The zero-order chi connectivity index (χ0) is 8.59. The van der Waals surface area contributed by atoms with Crippen LogP contribution in [-0.2, 0) is 0 Å². The number of hydrogen-bond donors (Lipinski definition) is 3. The molecule has 0 aliphatic rings. The van der Waals surface area contributed by atoms with Crippen molar-refractivity contribution in [2.45, 2.75) is 18.7 Å². The lowest BCUT2D eigenvalue weighted by Gasteiger charge is -2.09. The third-order valence-corrected chi connectivity index (χ3v) is 2.42. The van der Waals surface area contributed by atoms with E-state index in [4.69, 9.17) is 11.5 Å². The first-order chi connectivity index (χ1) is 5.04. The van der Waals surface area contributed by atoms with Crippen LogP contribution in [0.3, 0.4) is 0 Å². The average Bonchev–Trinajstić information content (AvgIpc) is 1.97. The van der Waals surface area contributed by atoms with Gasteiger partial charge in [-0.3, -0.25) is 0 Å². The Hall–Kier alpha value is -0.830. The van der Waals surface area contributed by atoms with Crippen molar-refractivity contribution in [3.63, 3.8) is 0 Å². The molecule has 0 aromatic heterocycles. The second-order valence-corrected chi connectivity index (χ2v) is 3.12. The number of thiol groups is 1. The summed E-state index contributed by atoms with van der Waals surface area (Å²) in [5, 5.41) is 0. The van der Waals surface area contributed by atoms with Gasteiger partial charge in [-0.05, 0) is 31.0 Å². The van der Waals surface area contributed by atoms with Crippen LogP contribution in [0, 0.1) is 13.8 Å². The lowest BCUT2D eigenvalue weighted by molar-refractivity contribution is 1.28. The van der Waals surface area contributed by atoms with E-state index in [1.54, 1.807) is 0 Å². The van der Waals surface area contributed by atoms with E-state index in [1.807, 2.05) is 19.9 Å². The molecule has 0 aliphatic heterocycles. The molecule has 1 aromatic rings. The molecular formula is C8H12N2S. The Bertz CT molecular complexity index is 268. The average molecular weight is 168 g/mol. The first-order valence-corrected chi connectivity index (χ1v) is 3.83. The number of rotatable bonds is 0. The summed E-state index contributed by atoms with van der Waals surface area (Å²) < 4.78 is 0. The Morgan fingerprint density at radius 2 is 1.82 bits per heavy atom. The van der Waals surface area contributed by atoms with Crippen LogP contribution in [0.1, 0.15) is 11.1 Å². The van der Waals surface area contributed by atoms with Crippen LogP contribution in [0.2, 0.25) is 0 Å². The summed E-state index contributed by atoms with van der Waals surface area (Å²) in [6.07, 6.45) is 0. The quantitative estimate of drug-likeness (QED) is 0.408. The number of nitrogens with two attached hydrogens (primary N) is 2. The van der Waals surface area contributed by atoms with E-state index in [9.17, 15) is 0 Å².